The predicted molar refractivity (Wildman–Crippen MR) is 71.9 cm³/mol. The quantitative estimate of drug-likeness (QED) is 0.783. The summed E-state index contributed by atoms with van der Waals surface area (Å²) in [5.74, 6) is 0. The highest BCUT2D eigenvalue weighted by Crippen LogP contribution is 2.25. The van der Waals surface area contributed by atoms with Crippen LogP contribution in [0.3, 0.4) is 0 Å². The summed E-state index contributed by atoms with van der Waals surface area (Å²) >= 11 is 4.35. The fourth-order valence-corrected chi connectivity index (χ4v) is 2.56. The van der Waals surface area contributed by atoms with Crippen LogP contribution in [-0.2, 0) is 4.74 Å². The van der Waals surface area contributed by atoms with Crippen molar-refractivity contribution in [2.75, 3.05) is 31.2 Å². The lowest BCUT2D eigenvalue weighted by Gasteiger charge is -2.28. The van der Waals surface area contributed by atoms with E-state index in [0.717, 1.165) is 32.0 Å². The summed E-state index contributed by atoms with van der Waals surface area (Å²) in [6.07, 6.45) is 3.91. The maximum atomic E-state index is 5.36. The van der Waals surface area contributed by atoms with Crippen LogP contribution < -0.4 is 4.90 Å². The molecule has 5 heteroatoms. The van der Waals surface area contributed by atoms with Crippen LogP contribution in [0.15, 0.2) is 18.5 Å². The molecule has 2 aromatic rings. The van der Waals surface area contributed by atoms with E-state index in [1.807, 2.05) is 12.4 Å². The van der Waals surface area contributed by atoms with E-state index in [2.05, 4.69) is 35.7 Å². The minimum atomic E-state index is 0.796. The molecule has 1 saturated heterocycles. The van der Waals surface area contributed by atoms with E-state index in [1.165, 1.54) is 16.6 Å². The van der Waals surface area contributed by atoms with Crippen LogP contribution in [0.5, 0.6) is 0 Å². The number of rotatable bonds is 1. The molecule has 0 atom stereocenters. The molecule has 3 heterocycles. The number of anilines is 1. The highest BCUT2D eigenvalue weighted by Gasteiger charge is 2.13. The fraction of sp³-hybridized carbons (Fsp3) is 0.417. The highest BCUT2D eigenvalue weighted by molar-refractivity contribution is 7.78. The smallest absolute Gasteiger partial charge is 0.150 e. The maximum absolute atomic E-state index is 5.36. The van der Waals surface area contributed by atoms with Crippen LogP contribution in [0, 0.1) is 6.92 Å². The van der Waals surface area contributed by atoms with Crippen molar-refractivity contribution >= 4 is 29.5 Å². The zero-order chi connectivity index (χ0) is 11.8. The van der Waals surface area contributed by atoms with Gasteiger partial charge in [0.05, 0.1) is 25.1 Å². The summed E-state index contributed by atoms with van der Waals surface area (Å²) in [6, 6.07) is 2.19. The number of morpholine rings is 1. The lowest BCUT2D eigenvalue weighted by molar-refractivity contribution is 0.122. The molecule has 1 aliphatic rings. The van der Waals surface area contributed by atoms with Crippen LogP contribution in [-0.4, -0.2) is 35.3 Å². The third-order valence-electron chi connectivity index (χ3n) is 3.19. The van der Waals surface area contributed by atoms with Crippen molar-refractivity contribution in [1.29, 1.82) is 0 Å². The van der Waals surface area contributed by atoms with Gasteiger partial charge in [0.1, 0.15) is 5.65 Å². The number of ether oxygens (including phenoxy) is 1. The molecule has 1 fully saturated rings. The molecule has 3 rings (SSSR count). The number of hydrogen-bond donors (Lipinski definition) is 1. The monoisotopic (exact) mass is 249 g/mol. The first-order valence-corrected chi connectivity index (χ1v) is 6.15. The van der Waals surface area contributed by atoms with Crippen molar-refractivity contribution in [3.63, 3.8) is 0 Å². The van der Waals surface area contributed by atoms with E-state index in [4.69, 9.17) is 4.74 Å². The van der Waals surface area contributed by atoms with Gasteiger partial charge in [0.2, 0.25) is 0 Å². The zero-order valence-electron chi connectivity index (χ0n) is 9.76. The Morgan fingerprint density at radius 1 is 1.35 bits per heavy atom. The Labute approximate surface area is 106 Å². The second kappa shape index (κ2) is 4.23. The van der Waals surface area contributed by atoms with Gasteiger partial charge in [0.25, 0.3) is 0 Å². The van der Waals surface area contributed by atoms with Crippen LogP contribution in [0.1, 0.15) is 5.56 Å². The van der Waals surface area contributed by atoms with Gasteiger partial charge in [-0.05, 0) is 18.6 Å². The zero-order valence-corrected chi connectivity index (χ0v) is 10.7. The first-order chi connectivity index (χ1) is 8.25. The lowest BCUT2D eigenvalue weighted by atomic mass is 10.2. The van der Waals surface area contributed by atoms with Gasteiger partial charge in [-0.15, -0.1) is 0 Å². The molecule has 0 aromatic carbocycles. The van der Waals surface area contributed by atoms with E-state index >= 15 is 0 Å². The second-order valence-corrected chi connectivity index (χ2v) is 4.75. The molecule has 4 nitrogen and oxygen atoms in total. The lowest BCUT2D eigenvalue weighted by Crippen LogP contribution is -2.36. The van der Waals surface area contributed by atoms with E-state index in [-0.39, 0.29) is 0 Å². The average Bonchev–Trinajstić information content (AvgIpc) is 2.66. The molecule has 0 radical (unpaired) electrons. The number of thiol groups is 1. The van der Waals surface area contributed by atoms with Crippen molar-refractivity contribution in [2.24, 2.45) is 0 Å². The van der Waals surface area contributed by atoms with Crippen molar-refractivity contribution in [1.82, 2.24) is 8.96 Å². The van der Waals surface area contributed by atoms with E-state index in [9.17, 15) is 0 Å². The van der Waals surface area contributed by atoms with Crippen LogP contribution in [0.25, 0.3) is 11.0 Å². The Balaban J connectivity index is 2.03. The minimum absolute atomic E-state index is 0.796. The van der Waals surface area contributed by atoms with Gasteiger partial charge in [0.15, 0.2) is 0 Å². The molecule has 17 heavy (non-hydrogen) atoms. The van der Waals surface area contributed by atoms with Gasteiger partial charge in [-0.25, -0.2) is 4.98 Å². The summed E-state index contributed by atoms with van der Waals surface area (Å²) in [4.78, 5) is 6.79. The van der Waals surface area contributed by atoms with Gasteiger partial charge in [-0.1, -0.05) is 12.8 Å². The number of fused-ring (bicyclic) bond motifs is 1. The van der Waals surface area contributed by atoms with Gasteiger partial charge in [-0.2, -0.15) is 0 Å². The fourth-order valence-electron chi connectivity index (χ4n) is 2.23. The third kappa shape index (κ3) is 1.89. The Hall–Kier alpha value is -1.20. The standard InChI is InChI=1S/C12H15N3OS/c1-9-8-15(17)12-11(9)6-10(7-13-12)14-2-4-16-5-3-14/h6-8,17H,2-5H2,1H3. The Bertz CT molecular complexity index is 546. The Morgan fingerprint density at radius 2 is 2.12 bits per heavy atom. The van der Waals surface area contributed by atoms with E-state index in [0.29, 0.717) is 0 Å². The number of hydrogen-bond acceptors (Lipinski definition) is 4. The number of pyridine rings is 1. The van der Waals surface area contributed by atoms with Crippen LogP contribution in [0.4, 0.5) is 5.69 Å². The molecule has 0 aliphatic carbocycles. The molecular formula is C12H15N3OS. The van der Waals surface area contributed by atoms with Gasteiger partial charge in [-0.3, -0.25) is 3.97 Å². The molecule has 90 valence electrons. The Kier molecular flexibility index (Phi) is 2.72. The number of aryl methyl sites for hydroxylation is 1. The van der Waals surface area contributed by atoms with E-state index < -0.39 is 0 Å². The summed E-state index contributed by atoms with van der Waals surface area (Å²) in [7, 11) is 0. The number of nitrogens with zero attached hydrogens (tertiary/aromatic N) is 3. The predicted octanol–water partition coefficient (Wildman–Crippen LogP) is 1.87. The normalized spacial score (nSPS) is 16.7. The van der Waals surface area contributed by atoms with Crippen LogP contribution >= 0.6 is 12.8 Å². The Morgan fingerprint density at radius 3 is 2.88 bits per heavy atom. The maximum Gasteiger partial charge on any atom is 0.150 e. The van der Waals surface area contributed by atoms with E-state index in [1.54, 1.807) is 3.97 Å². The highest BCUT2D eigenvalue weighted by atomic mass is 32.1. The first kappa shape index (κ1) is 10.9. The number of aromatic nitrogens is 2. The molecule has 0 N–H and O–H groups in total. The van der Waals surface area contributed by atoms with Gasteiger partial charge >= 0.3 is 0 Å². The molecule has 0 saturated carbocycles. The van der Waals surface area contributed by atoms with Crippen molar-refractivity contribution in [2.45, 2.75) is 6.92 Å². The topological polar surface area (TPSA) is 30.3 Å². The molecule has 0 spiro atoms. The van der Waals surface area contributed by atoms with Gasteiger partial charge in [0, 0.05) is 24.7 Å². The molecular weight excluding hydrogens is 234 g/mol. The SMILES string of the molecule is Cc1cn(S)c2ncc(N3CCOCC3)cc12. The third-order valence-corrected chi connectivity index (χ3v) is 3.49. The molecule has 1 aliphatic heterocycles. The van der Waals surface area contributed by atoms with Crippen molar-refractivity contribution in [3.05, 3.63) is 24.0 Å². The molecule has 0 amide bonds. The summed E-state index contributed by atoms with van der Waals surface area (Å²) in [5, 5.41) is 1.17. The summed E-state index contributed by atoms with van der Waals surface area (Å²) in [6.45, 7) is 5.55. The first-order valence-electron chi connectivity index (χ1n) is 5.75. The van der Waals surface area contributed by atoms with Crippen molar-refractivity contribution in [3.8, 4) is 0 Å². The average molecular weight is 249 g/mol. The molecule has 0 bridgehead atoms. The van der Waals surface area contributed by atoms with Crippen molar-refractivity contribution < 1.29 is 4.74 Å². The molecule has 0 unspecified atom stereocenters. The summed E-state index contributed by atoms with van der Waals surface area (Å²) < 4.78 is 7.13. The minimum Gasteiger partial charge on any atom is -0.378 e. The summed E-state index contributed by atoms with van der Waals surface area (Å²) in [5.41, 5.74) is 3.30. The second-order valence-electron chi connectivity index (χ2n) is 4.32. The van der Waals surface area contributed by atoms with Gasteiger partial charge < -0.3 is 9.64 Å². The largest absolute Gasteiger partial charge is 0.378 e. The van der Waals surface area contributed by atoms with Crippen LogP contribution in [0.2, 0.25) is 0 Å². The molecule has 2 aromatic heterocycles.